The Hall–Kier alpha value is -2.20. The molecule has 7 nitrogen and oxygen atoms in total. The normalized spacial score (nSPS) is 14.1. The number of nitrogens with two attached hydrogens (primary N) is 1. The molecule has 1 aliphatic rings. The summed E-state index contributed by atoms with van der Waals surface area (Å²) in [5.41, 5.74) is 9.38. The molecule has 1 aliphatic heterocycles. The van der Waals surface area contributed by atoms with Crippen molar-refractivity contribution in [1.82, 2.24) is 5.32 Å². The third-order valence-electron chi connectivity index (χ3n) is 4.67. The van der Waals surface area contributed by atoms with E-state index in [1.165, 1.54) is 5.69 Å². The van der Waals surface area contributed by atoms with Crippen molar-refractivity contribution in [2.24, 2.45) is 10.7 Å². The fraction of sp³-hybridized carbons (Fsp3) is 0.381. The monoisotopic (exact) mass is 512 g/mol. The first-order chi connectivity index (χ1) is 13.7. The standard InChI is InChI=1S/C21H28N4O3.HI/c1-26-19-8-5-17(13-20(19)27-2)15-24-21(22)23-14-16-3-6-18(7-4-16)25-9-11-28-12-10-25;/h3-8,13H,9-12,14-15H2,1-2H3,(H3,22,23,24);1H. The van der Waals surface area contributed by atoms with Gasteiger partial charge in [0, 0.05) is 25.3 Å². The highest BCUT2D eigenvalue weighted by Crippen LogP contribution is 2.27. The summed E-state index contributed by atoms with van der Waals surface area (Å²) in [6.07, 6.45) is 0. The number of ether oxygens (including phenoxy) is 3. The number of anilines is 1. The van der Waals surface area contributed by atoms with Crippen LogP contribution in [0, 0.1) is 0 Å². The van der Waals surface area contributed by atoms with Gasteiger partial charge in [-0.1, -0.05) is 18.2 Å². The summed E-state index contributed by atoms with van der Waals surface area (Å²) in [5.74, 6) is 1.79. The van der Waals surface area contributed by atoms with Crippen molar-refractivity contribution in [3.8, 4) is 11.5 Å². The van der Waals surface area contributed by atoms with Gasteiger partial charge in [0.2, 0.25) is 0 Å². The number of benzene rings is 2. The molecule has 0 bridgehead atoms. The number of hydrogen-bond donors (Lipinski definition) is 2. The van der Waals surface area contributed by atoms with Gasteiger partial charge in [0.25, 0.3) is 0 Å². The highest BCUT2D eigenvalue weighted by atomic mass is 127. The van der Waals surface area contributed by atoms with Crippen LogP contribution >= 0.6 is 24.0 Å². The molecular weight excluding hydrogens is 483 g/mol. The minimum atomic E-state index is 0. The smallest absolute Gasteiger partial charge is 0.189 e. The summed E-state index contributed by atoms with van der Waals surface area (Å²) in [7, 11) is 3.23. The number of rotatable bonds is 7. The lowest BCUT2D eigenvalue weighted by molar-refractivity contribution is 0.122. The largest absolute Gasteiger partial charge is 0.493 e. The fourth-order valence-electron chi connectivity index (χ4n) is 3.05. The molecular formula is C21H29IN4O3. The number of methoxy groups -OCH3 is 2. The summed E-state index contributed by atoms with van der Waals surface area (Å²) >= 11 is 0. The molecule has 0 aromatic heterocycles. The lowest BCUT2D eigenvalue weighted by atomic mass is 10.2. The zero-order chi connectivity index (χ0) is 19.8. The van der Waals surface area contributed by atoms with Crippen LogP contribution in [0.15, 0.2) is 47.5 Å². The molecule has 0 saturated carbocycles. The van der Waals surface area contributed by atoms with Gasteiger partial charge in [-0.2, -0.15) is 0 Å². The van der Waals surface area contributed by atoms with E-state index in [1.807, 2.05) is 18.2 Å². The number of aliphatic imine (C=N–C) groups is 1. The molecule has 3 N–H and O–H groups in total. The summed E-state index contributed by atoms with van der Waals surface area (Å²) in [6, 6.07) is 14.2. The van der Waals surface area contributed by atoms with Gasteiger partial charge in [0.05, 0.1) is 34.0 Å². The number of nitrogens with one attached hydrogen (secondary N) is 1. The maximum Gasteiger partial charge on any atom is 0.189 e. The van der Waals surface area contributed by atoms with Crippen LogP contribution in [-0.4, -0.2) is 46.5 Å². The van der Waals surface area contributed by atoms with Crippen molar-refractivity contribution in [3.05, 3.63) is 53.6 Å². The molecule has 8 heteroatoms. The number of hydrogen-bond acceptors (Lipinski definition) is 5. The molecule has 0 unspecified atom stereocenters. The summed E-state index contributed by atoms with van der Waals surface area (Å²) < 4.78 is 16.0. The van der Waals surface area contributed by atoms with Gasteiger partial charge in [0.1, 0.15) is 0 Å². The van der Waals surface area contributed by atoms with E-state index in [-0.39, 0.29) is 24.0 Å². The first-order valence-corrected chi connectivity index (χ1v) is 9.36. The van der Waals surface area contributed by atoms with Gasteiger partial charge >= 0.3 is 0 Å². The number of guanidine groups is 1. The van der Waals surface area contributed by atoms with Crippen molar-refractivity contribution in [3.63, 3.8) is 0 Å². The molecule has 0 amide bonds. The lowest BCUT2D eigenvalue weighted by Gasteiger charge is -2.28. The number of morpholine rings is 1. The van der Waals surface area contributed by atoms with Gasteiger partial charge in [-0.05, 0) is 35.4 Å². The third kappa shape index (κ3) is 6.67. The lowest BCUT2D eigenvalue weighted by Crippen LogP contribution is -2.36. The second-order valence-electron chi connectivity index (χ2n) is 6.51. The van der Waals surface area contributed by atoms with E-state index in [0.717, 1.165) is 37.4 Å². The molecule has 0 radical (unpaired) electrons. The average molecular weight is 512 g/mol. The predicted molar refractivity (Wildman–Crippen MR) is 127 cm³/mol. The fourth-order valence-corrected chi connectivity index (χ4v) is 3.05. The van der Waals surface area contributed by atoms with Crippen LogP contribution in [0.5, 0.6) is 11.5 Å². The van der Waals surface area contributed by atoms with Gasteiger partial charge in [-0.25, -0.2) is 4.99 Å². The van der Waals surface area contributed by atoms with E-state index in [4.69, 9.17) is 19.9 Å². The Kier molecular flexibility index (Phi) is 9.33. The van der Waals surface area contributed by atoms with Gasteiger partial charge in [-0.15, -0.1) is 24.0 Å². The average Bonchev–Trinajstić information content (AvgIpc) is 2.77. The maximum absolute atomic E-state index is 6.00. The molecule has 3 rings (SSSR count). The Morgan fingerprint density at radius 2 is 1.69 bits per heavy atom. The van der Waals surface area contributed by atoms with E-state index in [1.54, 1.807) is 14.2 Å². The van der Waals surface area contributed by atoms with Crippen molar-refractivity contribution in [2.75, 3.05) is 45.4 Å². The van der Waals surface area contributed by atoms with Crippen molar-refractivity contribution < 1.29 is 14.2 Å². The van der Waals surface area contributed by atoms with Crippen LogP contribution in [0.4, 0.5) is 5.69 Å². The van der Waals surface area contributed by atoms with Crippen LogP contribution < -0.4 is 25.4 Å². The van der Waals surface area contributed by atoms with Crippen LogP contribution in [0.2, 0.25) is 0 Å². The zero-order valence-electron chi connectivity index (χ0n) is 16.9. The van der Waals surface area contributed by atoms with E-state index < -0.39 is 0 Å². The van der Waals surface area contributed by atoms with E-state index in [9.17, 15) is 0 Å². The topological polar surface area (TPSA) is 81.3 Å². The van der Waals surface area contributed by atoms with E-state index in [0.29, 0.717) is 30.5 Å². The minimum absolute atomic E-state index is 0. The third-order valence-corrected chi connectivity index (χ3v) is 4.67. The molecule has 158 valence electrons. The van der Waals surface area contributed by atoms with Gasteiger partial charge in [0.15, 0.2) is 17.5 Å². The van der Waals surface area contributed by atoms with Crippen molar-refractivity contribution in [1.29, 1.82) is 0 Å². The molecule has 1 saturated heterocycles. The molecule has 2 aromatic carbocycles. The summed E-state index contributed by atoms with van der Waals surface area (Å²) in [5, 5.41) is 3.16. The van der Waals surface area contributed by atoms with Crippen molar-refractivity contribution >= 4 is 35.6 Å². The molecule has 0 spiro atoms. The number of nitrogens with zero attached hydrogens (tertiary/aromatic N) is 2. The maximum atomic E-state index is 6.00. The summed E-state index contributed by atoms with van der Waals surface area (Å²) in [4.78, 5) is 6.73. The second-order valence-corrected chi connectivity index (χ2v) is 6.51. The molecule has 2 aromatic rings. The first kappa shape index (κ1) is 23.1. The Morgan fingerprint density at radius 3 is 2.34 bits per heavy atom. The molecule has 1 heterocycles. The quantitative estimate of drug-likeness (QED) is 0.338. The first-order valence-electron chi connectivity index (χ1n) is 9.36. The molecule has 0 atom stereocenters. The van der Waals surface area contributed by atoms with Crippen LogP contribution in [0.3, 0.4) is 0 Å². The van der Waals surface area contributed by atoms with E-state index in [2.05, 4.69) is 39.5 Å². The van der Waals surface area contributed by atoms with E-state index >= 15 is 0 Å². The minimum Gasteiger partial charge on any atom is -0.493 e. The SMILES string of the molecule is COc1ccc(CN=C(N)NCc2ccc(N3CCOCC3)cc2)cc1OC.I. The summed E-state index contributed by atoms with van der Waals surface area (Å²) in [6.45, 7) is 4.55. The Balaban J connectivity index is 0.00000300. The highest BCUT2D eigenvalue weighted by Gasteiger charge is 2.10. The predicted octanol–water partition coefficient (Wildman–Crippen LogP) is 2.76. The molecule has 0 aliphatic carbocycles. The molecule has 1 fully saturated rings. The van der Waals surface area contributed by atoms with Crippen LogP contribution in [0.25, 0.3) is 0 Å². The van der Waals surface area contributed by atoms with Crippen molar-refractivity contribution in [2.45, 2.75) is 13.1 Å². The second kappa shape index (κ2) is 11.7. The van der Waals surface area contributed by atoms with Crippen LogP contribution in [-0.2, 0) is 17.8 Å². The van der Waals surface area contributed by atoms with Gasteiger partial charge in [-0.3, -0.25) is 0 Å². The molecule has 29 heavy (non-hydrogen) atoms. The van der Waals surface area contributed by atoms with Gasteiger partial charge < -0.3 is 30.2 Å². The Bertz CT molecular complexity index is 793. The Labute approximate surface area is 189 Å². The Morgan fingerprint density at radius 1 is 1.03 bits per heavy atom. The number of halogens is 1. The zero-order valence-corrected chi connectivity index (χ0v) is 19.2. The highest BCUT2D eigenvalue weighted by molar-refractivity contribution is 14.0. The van der Waals surface area contributed by atoms with Crippen LogP contribution in [0.1, 0.15) is 11.1 Å².